The zero-order chi connectivity index (χ0) is 25.4. The van der Waals surface area contributed by atoms with Crippen LogP contribution < -0.4 is 13.8 Å². The van der Waals surface area contributed by atoms with Crippen LogP contribution in [0.3, 0.4) is 0 Å². The van der Waals surface area contributed by atoms with Crippen LogP contribution in [0.1, 0.15) is 22.8 Å². The SMILES string of the molecule is [2H]c1c([2H])c([2H])c(C(=O)N(c2ccc(OC)cc2)S(=O)(=O)c2ccc(OC)cc2C)c([2H])c1[2H]. The highest BCUT2D eigenvalue weighted by Gasteiger charge is 2.33. The van der Waals surface area contributed by atoms with Crippen LogP contribution in [0.5, 0.6) is 11.5 Å². The van der Waals surface area contributed by atoms with Crippen molar-refractivity contribution in [2.45, 2.75) is 11.8 Å². The number of amides is 1. The molecule has 0 heterocycles. The highest BCUT2D eigenvalue weighted by atomic mass is 32.2. The monoisotopic (exact) mass is 416 g/mol. The minimum absolute atomic E-state index is 0.104. The third-order valence-corrected chi connectivity index (χ3v) is 5.98. The summed E-state index contributed by atoms with van der Waals surface area (Å²) in [6.07, 6.45) is 0. The highest BCUT2D eigenvalue weighted by Crippen LogP contribution is 2.30. The number of methoxy groups -OCH3 is 2. The second-order valence-electron chi connectivity index (χ2n) is 5.90. The molecule has 0 unspecified atom stereocenters. The number of sulfonamides is 1. The van der Waals surface area contributed by atoms with Crippen LogP contribution in [0, 0.1) is 6.92 Å². The zero-order valence-corrected chi connectivity index (χ0v) is 16.8. The van der Waals surface area contributed by atoms with Crippen molar-refractivity contribution < 1.29 is 29.5 Å². The van der Waals surface area contributed by atoms with Crippen molar-refractivity contribution in [3.8, 4) is 11.5 Å². The van der Waals surface area contributed by atoms with Gasteiger partial charge in [-0.1, -0.05) is 18.1 Å². The summed E-state index contributed by atoms with van der Waals surface area (Å²) in [5.41, 5.74) is -0.587. The zero-order valence-electron chi connectivity index (χ0n) is 20.9. The first-order chi connectivity index (χ1) is 15.9. The van der Waals surface area contributed by atoms with Gasteiger partial charge in [-0.25, -0.2) is 8.42 Å². The fraction of sp³-hybridized carbons (Fsp3) is 0.136. The number of aryl methyl sites for hydroxylation is 1. The molecule has 3 rings (SSSR count). The van der Waals surface area contributed by atoms with Crippen LogP contribution in [0.15, 0.2) is 77.6 Å². The number of anilines is 1. The molecule has 0 bridgehead atoms. The van der Waals surface area contributed by atoms with E-state index in [0.29, 0.717) is 15.8 Å². The van der Waals surface area contributed by atoms with E-state index in [1.807, 2.05) is 0 Å². The summed E-state index contributed by atoms with van der Waals surface area (Å²) in [4.78, 5) is 13.4. The molecule has 3 aromatic carbocycles. The summed E-state index contributed by atoms with van der Waals surface area (Å²) in [7, 11) is -1.75. The topological polar surface area (TPSA) is 72.9 Å². The lowest BCUT2D eigenvalue weighted by atomic mass is 10.2. The van der Waals surface area contributed by atoms with Crippen LogP contribution in [-0.2, 0) is 10.0 Å². The van der Waals surface area contributed by atoms with Gasteiger partial charge in [-0.3, -0.25) is 4.79 Å². The molecule has 1 amide bonds. The minimum atomic E-state index is -4.59. The van der Waals surface area contributed by atoms with Gasteiger partial charge in [0, 0.05) is 5.56 Å². The smallest absolute Gasteiger partial charge is 0.272 e. The van der Waals surface area contributed by atoms with Gasteiger partial charge in [0.25, 0.3) is 15.9 Å². The van der Waals surface area contributed by atoms with E-state index in [9.17, 15) is 13.2 Å². The van der Waals surface area contributed by atoms with E-state index in [1.54, 1.807) is 0 Å². The number of rotatable bonds is 6. The third kappa shape index (κ3) is 4.09. The minimum Gasteiger partial charge on any atom is -0.497 e. The predicted molar refractivity (Wildman–Crippen MR) is 111 cm³/mol. The molecule has 0 fully saturated rings. The maximum absolute atomic E-state index is 13.8. The van der Waals surface area contributed by atoms with Crippen molar-refractivity contribution in [2.24, 2.45) is 0 Å². The number of ether oxygens (including phenoxy) is 2. The molecular formula is C22H21NO5S. The van der Waals surface area contributed by atoms with Gasteiger partial charge < -0.3 is 9.47 Å². The molecule has 0 aliphatic heterocycles. The van der Waals surface area contributed by atoms with E-state index in [0.717, 1.165) is 0 Å². The second kappa shape index (κ2) is 8.36. The molecule has 0 spiro atoms. The molecule has 3 aromatic rings. The average molecular weight is 417 g/mol. The van der Waals surface area contributed by atoms with E-state index in [2.05, 4.69) is 0 Å². The first-order valence-corrected chi connectivity index (χ1v) is 9.85. The third-order valence-electron chi connectivity index (χ3n) is 4.11. The van der Waals surface area contributed by atoms with E-state index < -0.39 is 51.7 Å². The van der Waals surface area contributed by atoms with Crippen LogP contribution >= 0.6 is 0 Å². The van der Waals surface area contributed by atoms with Crippen molar-refractivity contribution in [3.05, 3.63) is 83.8 Å². The van der Waals surface area contributed by atoms with Crippen LogP contribution in [0.2, 0.25) is 0 Å². The molecule has 6 nitrogen and oxygen atoms in total. The number of hydrogen-bond donors (Lipinski definition) is 0. The Morgan fingerprint density at radius 3 is 2.07 bits per heavy atom. The highest BCUT2D eigenvalue weighted by molar-refractivity contribution is 7.93. The molecule has 0 aliphatic rings. The standard InChI is InChI=1S/C22H21NO5S/c1-16-15-20(28-3)13-14-21(16)29(25,26)23(18-9-11-19(27-2)12-10-18)22(24)17-7-5-4-6-8-17/h4-15H,1-3H3/i4D,5D,6D,7D,8D. The van der Waals surface area contributed by atoms with Crippen LogP contribution in [0.4, 0.5) is 5.69 Å². The molecular weight excluding hydrogens is 390 g/mol. The van der Waals surface area contributed by atoms with Gasteiger partial charge in [-0.2, -0.15) is 4.31 Å². The summed E-state index contributed by atoms with van der Waals surface area (Å²) in [6.45, 7) is 1.52. The molecule has 0 saturated carbocycles. The number of benzene rings is 3. The molecule has 7 heteroatoms. The van der Waals surface area contributed by atoms with Crippen molar-refractivity contribution in [2.75, 3.05) is 18.5 Å². The Bertz CT molecular complexity index is 1350. The lowest BCUT2D eigenvalue weighted by Gasteiger charge is -2.24. The van der Waals surface area contributed by atoms with Gasteiger partial charge in [0.05, 0.1) is 31.7 Å². The molecule has 0 aliphatic carbocycles. The Balaban J connectivity index is 2.31. The van der Waals surface area contributed by atoms with Crippen LogP contribution in [0.25, 0.3) is 0 Å². The lowest BCUT2D eigenvalue weighted by Crippen LogP contribution is -2.37. The van der Waals surface area contributed by atoms with Crippen molar-refractivity contribution in [1.82, 2.24) is 0 Å². The number of nitrogens with zero attached hydrogens (tertiary/aromatic N) is 1. The molecule has 0 radical (unpaired) electrons. The molecule has 0 N–H and O–H groups in total. The molecule has 0 saturated heterocycles. The van der Waals surface area contributed by atoms with Gasteiger partial charge in [0.2, 0.25) is 0 Å². The summed E-state index contributed by atoms with van der Waals surface area (Å²) in [5, 5.41) is 0. The van der Waals surface area contributed by atoms with Crippen LogP contribution in [-0.4, -0.2) is 28.5 Å². The molecule has 0 aromatic heterocycles. The first kappa shape index (κ1) is 14.6. The Hall–Kier alpha value is -3.32. The number of carbonyl (C=O) groups excluding carboxylic acids is 1. The predicted octanol–water partition coefficient (Wildman–Crippen LogP) is 4.05. The molecule has 0 atom stereocenters. The fourth-order valence-electron chi connectivity index (χ4n) is 2.68. The average Bonchev–Trinajstić information content (AvgIpc) is 2.81. The van der Waals surface area contributed by atoms with Crippen molar-refractivity contribution in [1.29, 1.82) is 0 Å². The Morgan fingerprint density at radius 2 is 1.52 bits per heavy atom. The quantitative estimate of drug-likeness (QED) is 0.606. The summed E-state index contributed by atoms with van der Waals surface area (Å²) >= 11 is 0. The summed E-state index contributed by atoms with van der Waals surface area (Å²) in [6, 6.07) is 5.87. The van der Waals surface area contributed by atoms with Gasteiger partial charge >= 0.3 is 0 Å². The van der Waals surface area contributed by atoms with E-state index >= 15 is 0 Å². The van der Waals surface area contributed by atoms with Gasteiger partial charge in [-0.15, -0.1) is 0 Å². The fourth-order valence-corrected chi connectivity index (χ4v) is 4.29. The van der Waals surface area contributed by atoms with E-state index in [1.165, 1.54) is 63.6 Å². The Labute approximate surface area is 177 Å². The van der Waals surface area contributed by atoms with Gasteiger partial charge in [-0.05, 0) is 67.0 Å². The number of carbonyl (C=O) groups is 1. The second-order valence-corrected chi connectivity index (χ2v) is 7.66. The van der Waals surface area contributed by atoms with Crippen molar-refractivity contribution in [3.63, 3.8) is 0 Å². The van der Waals surface area contributed by atoms with E-state index in [-0.39, 0.29) is 16.1 Å². The van der Waals surface area contributed by atoms with Gasteiger partial charge in [0.15, 0.2) is 0 Å². The summed E-state index contributed by atoms with van der Waals surface area (Å²) < 4.78 is 77.9. The summed E-state index contributed by atoms with van der Waals surface area (Å²) in [5.74, 6) is -0.487. The Morgan fingerprint density at radius 1 is 0.931 bits per heavy atom. The largest absolute Gasteiger partial charge is 0.497 e. The van der Waals surface area contributed by atoms with E-state index in [4.69, 9.17) is 16.3 Å². The lowest BCUT2D eigenvalue weighted by molar-refractivity contribution is 0.101. The maximum atomic E-state index is 13.8. The number of hydrogen-bond acceptors (Lipinski definition) is 5. The van der Waals surface area contributed by atoms with Crippen molar-refractivity contribution >= 4 is 21.6 Å². The Kier molecular flexibility index (Phi) is 4.22. The normalized spacial score (nSPS) is 13.4. The van der Waals surface area contributed by atoms with Gasteiger partial charge in [0.1, 0.15) is 11.5 Å². The molecule has 150 valence electrons. The first-order valence-electron chi connectivity index (χ1n) is 10.9. The molecule has 29 heavy (non-hydrogen) atoms. The maximum Gasteiger partial charge on any atom is 0.272 e.